The molecule has 6 heteroatoms. The molecule has 7 aromatic carbocycles. The van der Waals surface area contributed by atoms with Crippen LogP contribution >= 0.6 is 0 Å². The predicted molar refractivity (Wildman–Crippen MR) is 282 cm³/mol. The summed E-state index contributed by atoms with van der Waals surface area (Å²) < 4.78 is 46.5. The van der Waals surface area contributed by atoms with Crippen LogP contribution in [0.5, 0.6) is 0 Å². The number of benzene rings is 7. The van der Waals surface area contributed by atoms with Gasteiger partial charge in [-0.15, -0.1) is 42.0 Å². The first-order chi connectivity index (χ1) is 33.7. The Morgan fingerprint density at radius 3 is 1.90 bits per heavy atom. The molecule has 69 heavy (non-hydrogen) atoms. The van der Waals surface area contributed by atoms with Gasteiger partial charge in [-0.05, 0) is 110 Å². The van der Waals surface area contributed by atoms with Crippen LogP contribution in [0.4, 0.5) is 4.39 Å². The molecule has 0 unspecified atom stereocenters. The average Bonchev–Trinajstić information content (AvgIpc) is 3.92. The van der Waals surface area contributed by atoms with Gasteiger partial charge >= 0.3 is 0 Å². The third kappa shape index (κ3) is 9.76. The number of imidazole rings is 1. The summed E-state index contributed by atoms with van der Waals surface area (Å²) in [5, 5.41) is 2.15. The number of fused-ring (bicyclic) bond motifs is 4. The fourth-order valence-corrected chi connectivity index (χ4v) is 9.17. The number of furan rings is 1. The Hall–Kier alpha value is -6.46. The summed E-state index contributed by atoms with van der Waals surface area (Å²) in [5.74, 6) is 1.11. The second-order valence-corrected chi connectivity index (χ2v) is 20.4. The number of pyridine rings is 1. The van der Waals surface area contributed by atoms with Crippen LogP contribution in [0.15, 0.2) is 156 Å². The summed E-state index contributed by atoms with van der Waals surface area (Å²) in [6, 6.07) is 56.3. The van der Waals surface area contributed by atoms with Crippen molar-refractivity contribution in [3.63, 3.8) is 0 Å². The molecular formula is C63H60FIrN3O-2. The van der Waals surface area contributed by atoms with E-state index >= 15 is 0 Å². The van der Waals surface area contributed by atoms with Gasteiger partial charge in [0.2, 0.25) is 0 Å². The summed E-state index contributed by atoms with van der Waals surface area (Å²) >= 11 is 0. The number of aryl methyl sites for hydroxylation is 1. The molecule has 0 aliphatic rings. The first kappa shape index (κ1) is 45.0. The number of hydrogen-bond acceptors (Lipinski definition) is 3. The van der Waals surface area contributed by atoms with Crippen molar-refractivity contribution in [2.75, 3.05) is 0 Å². The zero-order valence-corrected chi connectivity index (χ0v) is 43.4. The molecule has 10 rings (SSSR count). The van der Waals surface area contributed by atoms with Gasteiger partial charge < -0.3 is 14.0 Å². The van der Waals surface area contributed by atoms with E-state index < -0.39 is 6.85 Å². The first-order valence-corrected chi connectivity index (χ1v) is 23.6. The van der Waals surface area contributed by atoms with E-state index in [1.54, 1.807) is 12.1 Å². The minimum atomic E-state index is -2.22. The van der Waals surface area contributed by atoms with Gasteiger partial charge in [-0.1, -0.05) is 177 Å². The second kappa shape index (κ2) is 19.5. The quantitative estimate of drug-likeness (QED) is 0.149. The molecule has 351 valence electrons. The summed E-state index contributed by atoms with van der Waals surface area (Å²) in [7, 11) is 0. The minimum absolute atomic E-state index is 0. The molecule has 3 heterocycles. The molecule has 1 radical (unpaired) electrons. The molecule has 0 aliphatic carbocycles. The van der Waals surface area contributed by atoms with Crippen LogP contribution in [0.1, 0.15) is 113 Å². The first-order valence-electron chi connectivity index (χ1n) is 25.1. The molecule has 0 saturated carbocycles. The second-order valence-electron chi connectivity index (χ2n) is 20.4. The Labute approximate surface area is 425 Å². The SMILES string of the molecule is CC(C)c1cc(-c2ccccc2)cc(C(C)C)c1-n1c(-c2[c-]ccc3c2oc2cc(-c4ccccc4)ccc23)nc2ccccc21.[2H]C([2H])([2H])c1cnc(-c2[c-]cc(F)c(C(C)(C)C)c2)cc1C(C)(C)C.[Ir]. The molecule has 0 N–H and O–H groups in total. The van der Waals surface area contributed by atoms with Crippen LogP contribution in [0.25, 0.3) is 83.6 Å². The smallest absolute Gasteiger partial charge is 0.121 e. The topological polar surface area (TPSA) is 43.9 Å². The van der Waals surface area contributed by atoms with Crippen molar-refractivity contribution in [2.24, 2.45) is 0 Å². The summed E-state index contributed by atoms with van der Waals surface area (Å²) in [6.07, 6.45) is 1.41. The predicted octanol–water partition coefficient (Wildman–Crippen LogP) is 17.6. The van der Waals surface area contributed by atoms with Crippen LogP contribution in [-0.4, -0.2) is 14.5 Å². The van der Waals surface area contributed by atoms with Crippen LogP contribution in [0.2, 0.25) is 0 Å². The van der Waals surface area contributed by atoms with Crippen molar-refractivity contribution in [3.05, 3.63) is 198 Å². The van der Waals surface area contributed by atoms with Crippen LogP contribution < -0.4 is 0 Å². The van der Waals surface area contributed by atoms with E-state index in [9.17, 15) is 4.39 Å². The molecule has 0 saturated heterocycles. The summed E-state index contributed by atoms with van der Waals surface area (Å²) in [6.45, 7) is 18.7. The van der Waals surface area contributed by atoms with E-state index in [-0.39, 0.29) is 54.2 Å². The Morgan fingerprint density at radius 1 is 0.652 bits per heavy atom. The molecule has 0 fully saturated rings. The van der Waals surface area contributed by atoms with Crippen molar-refractivity contribution in [3.8, 4) is 50.6 Å². The monoisotopic (exact) mass is 1090 g/mol. The molecule has 0 amide bonds. The number of halogens is 1. The van der Waals surface area contributed by atoms with Gasteiger partial charge in [0.05, 0.1) is 22.4 Å². The van der Waals surface area contributed by atoms with E-state index in [0.29, 0.717) is 22.4 Å². The van der Waals surface area contributed by atoms with E-state index in [1.807, 2.05) is 53.7 Å². The standard InChI is InChI=1S/C43H35N2O.C20H25FN.Ir/c1-27(2)36-24-32(30-16-9-6-10-17-30)25-37(28(3)4)41(36)45-39-21-12-11-20-38(39)44-43(45)35-19-13-18-34-33-23-22-31(26-40(33)46-42(34)35)29-14-7-5-8-15-29;1-13-12-22-18(11-15(13)19(2,3)4)14-8-9-17(21)16(10-14)20(5,6)7;/h5-18,20-28H,1-4H3;9-12H,1-7H3;/q2*-1;/i;1D3;. The maximum absolute atomic E-state index is 14.1. The van der Waals surface area contributed by atoms with Gasteiger partial charge in [0.1, 0.15) is 5.58 Å². The van der Waals surface area contributed by atoms with Gasteiger partial charge in [0.15, 0.2) is 0 Å². The zero-order chi connectivity index (χ0) is 50.6. The number of hydrogen-bond donors (Lipinski definition) is 0. The number of rotatable bonds is 7. The average molecular weight is 1090 g/mol. The Morgan fingerprint density at radius 2 is 1.28 bits per heavy atom. The fourth-order valence-electron chi connectivity index (χ4n) is 9.17. The van der Waals surface area contributed by atoms with E-state index in [2.05, 4.69) is 165 Å². The van der Waals surface area contributed by atoms with Gasteiger partial charge in [-0.3, -0.25) is 9.37 Å². The number of para-hydroxylation sites is 2. The zero-order valence-electron chi connectivity index (χ0n) is 44.0. The largest absolute Gasteiger partial charge is 0.501 e. The molecule has 0 atom stereocenters. The van der Waals surface area contributed by atoms with Gasteiger partial charge in [-0.2, -0.15) is 0 Å². The van der Waals surface area contributed by atoms with Gasteiger partial charge in [-0.25, -0.2) is 0 Å². The maximum atomic E-state index is 14.1. The Balaban J connectivity index is 0.000000227. The van der Waals surface area contributed by atoms with Crippen molar-refractivity contribution in [1.29, 1.82) is 0 Å². The van der Waals surface area contributed by atoms with Crippen LogP contribution in [0, 0.1) is 24.8 Å². The van der Waals surface area contributed by atoms with Crippen molar-refractivity contribution < 1.29 is 33.0 Å². The minimum Gasteiger partial charge on any atom is -0.501 e. The molecule has 0 aliphatic heterocycles. The van der Waals surface area contributed by atoms with Crippen molar-refractivity contribution in [1.82, 2.24) is 14.5 Å². The molecule has 4 nitrogen and oxygen atoms in total. The summed E-state index contributed by atoms with van der Waals surface area (Å²) in [5.41, 5.74) is 15.2. The number of nitrogens with zero attached hydrogens (tertiary/aromatic N) is 3. The fraction of sp³-hybridized carbons (Fsp3) is 0.238. The maximum Gasteiger partial charge on any atom is 0.121 e. The van der Waals surface area contributed by atoms with Crippen LogP contribution in [0.3, 0.4) is 0 Å². The van der Waals surface area contributed by atoms with E-state index in [1.165, 1.54) is 45.8 Å². The molecule has 10 aromatic rings. The van der Waals surface area contributed by atoms with E-state index in [0.717, 1.165) is 49.9 Å². The molecular weight excluding hydrogens is 1030 g/mol. The third-order valence-electron chi connectivity index (χ3n) is 12.8. The van der Waals surface area contributed by atoms with E-state index in [4.69, 9.17) is 13.5 Å². The van der Waals surface area contributed by atoms with Gasteiger partial charge in [0, 0.05) is 47.3 Å². The Bertz CT molecular complexity index is 3530. The molecule has 0 spiro atoms. The molecule has 0 bridgehead atoms. The number of aromatic nitrogens is 3. The normalized spacial score (nSPS) is 12.7. The third-order valence-corrected chi connectivity index (χ3v) is 12.8. The summed E-state index contributed by atoms with van der Waals surface area (Å²) in [4.78, 5) is 9.63. The Kier molecular flexibility index (Phi) is 12.7. The van der Waals surface area contributed by atoms with Gasteiger partial charge in [0.25, 0.3) is 0 Å². The molecule has 3 aromatic heterocycles. The van der Waals surface area contributed by atoms with Crippen molar-refractivity contribution in [2.45, 2.75) is 98.8 Å². The van der Waals surface area contributed by atoms with Crippen molar-refractivity contribution >= 4 is 33.0 Å². The van der Waals surface area contributed by atoms with Crippen LogP contribution in [-0.2, 0) is 30.9 Å².